The highest BCUT2D eigenvalue weighted by atomic mass is 16.2. The van der Waals surface area contributed by atoms with Crippen molar-refractivity contribution in [3.63, 3.8) is 0 Å². The quantitative estimate of drug-likeness (QED) is 0.678. The molecular formula is C15H21NO. The van der Waals surface area contributed by atoms with Gasteiger partial charge in [-0.25, -0.2) is 0 Å². The second-order valence-corrected chi connectivity index (χ2v) is 6.50. The van der Waals surface area contributed by atoms with E-state index in [0.29, 0.717) is 0 Å². The zero-order chi connectivity index (χ0) is 12.8. The molecule has 1 unspecified atom stereocenters. The van der Waals surface area contributed by atoms with Crippen molar-refractivity contribution in [3.05, 3.63) is 30.3 Å². The van der Waals surface area contributed by atoms with E-state index in [-0.39, 0.29) is 22.8 Å². The van der Waals surface area contributed by atoms with Gasteiger partial charge in [-0.05, 0) is 31.4 Å². The van der Waals surface area contributed by atoms with Crippen LogP contribution < -0.4 is 4.90 Å². The number of benzene rings is 1. The minimum Gasteiger partial charge on any atom is -0.307 e. The molecule has 92 valence electrons. The molecule has 1 aromatic rings. The number of hydrogen-bond acceptors (Lipinski definition) is 1. The Bertz CT molecular complexity index is 428. The monoisotopic (exact) mass is 231 g/mol. The molecule has 0 aromatic heterocycles. The molecule has 1 aliphatic rings. The first-order valence-corrected chi connectivity index (χ1v) is 6.15. The second-order valence-electron chi connectivity index (χ2n) is 6.50. The van der Waals surface area contributed by atoms with Crippen molar-refractivity contribution < 1.29 is 4.79 Å². The molecule has 1 amide bonds. The van der Waals surface area contributed by atoms with Gasteiger partial charge in [-0.15, -0.1) is 0 Å². The Morgan fingerprint density at radius 2 is 1.65 bits per heavy atom. The van der Waals surface area contributed by atoms with E-state index in [1.165, 1.54) is 0 Å². The maximum Gasteiger partial charge on any atom is 0.235 e. The van der Waals surface area contributed by atoms with Crippen molar-refractivity contribution in [1.82, 2.24) is 0 Å². The average Bonchev–Trinajstić information content (AvgIpc) is 2.24. The third-order valence-corrected chi connectivity index (χ3v) is 3.57. The van der Waals surface area contributed by atoms with Crippen LogP contribution in [-0.2, 0) is 4.79 Å². The van der Waals surface area contributed by atoms with Gasteiger partial charge < -0.3 is 4.90 Å². The Labute approximate surface area is 104 Å². The molecule has 2 heteroatoms. The van der Waals surface area contributed by atoms with Gasteiger partial charge in [0.1, 0.15) is 0 Å². The maximum absolute atomic E-state index is 12.3. The lowest BCUT2D eigenvalue weighted by Crippen LogP contribution is -2.71. The molecule has 0 bridgehead atoms. The number of hydrogen-bond donors (Lipinski definition) is 0. The van der Waals surface area contributed by atoms with Crippen LogP contribution in [0.5, 0.6) is 0 Å². The van der Waals surface area contributed by atoms with Gasteiger partial charge in [-0.1, -0.05) is 39.0 Å². The summed E-state index contributed by atoms with van der Waals surface area (Å²) < 4.78 is 0. The number of β-lactam (4-membered cyclic amide) rings is 1. The number of para-hydroxylation sites is 1. The van der Waals surface area contributed by atoms with Gasteiger partial charge >= 0.3 is 0 Å². The Morgan fingerprint density at radius 1 is 1.12 bits per heavy atom. The summed E-state index contributed by atoms with van der Waals surface area (Å²) in [6.45, 7) is 10.7. The molecular weight excluding hydrogens is 210 g/mol. The average molecular weight is 231 g/mol. The van der Waals surface area contributed by atoms with Gasteiger partial charge in [0, 0.05) is 5.69 Å². The molecule has 0 N–H and O–H groups in total. The lowest BCUT2D eigenvalue weighted by molar-refractivity contribution is -0.141. The number of carbonyl (C=O) groups is 1. The predicted octanol–water partition coefficient (Wildman–Crippen LogP) is 3.47. The number of rotatable bonds is 1. The van der Waals surface area contributed by atoms with E-state index in [1.54, 1.807) is 0 Å². The Kier molecular flexibility index (Phi) is 2.57. The molecule has 0 spiro atoms. The SMILES string of the molecule is CC(C)(C)C1N(c2ccccc2)C(=O)C1(C)C. The number of carbonyl (C=O) groups excluding carboxylic acids is 1. The summed E-state index contributed by atoms with van der Waals surface area (Å²) in [5.74, 6) is 0.226. The van der Waals surface area contributed by atoms with Gasteiger partial charge in [-0.2, -0.15) is 0 Å². The summed E-state index contributed by atoms with van der Waals surface area (Å²) >= 11 is 0. The third-order valence-electron chi connectivity index (χ3n) is 3.57. The fraction of sp³-hybridized carbons (Fsp3) is 0.533. The molecule has 1 aliphatic heterocycles. The molecule has 0 radical (unpaired) electrons. The molecule has 1 fully saturated rings. The van der Waals surface area contributed by atoms with E-state index in [1.807, 2.05) is 49.1 Å². The summed E-state index contributed by atoms with van der Waals surface area (Å²) in [7, 11) is 0. The van der Waals surface area contributed by atoms with Crippen LogP contribution in [0, 0.1) is 10.8 Å². The summed E-state index contributed by atoms with van der Waals surface area (Å²) in [6, 6.07) is 10.2. The van der Waals surface area contributed by atoms with E-state index >= 15 is 0 Å². The van der Waals surface area contributed by atoms with Crippen LogP contribution >= 0.6 is 0 Å². The molecule has 1 atom stereocenters. The first kappa shape index (κ1) is 12.2. The van der Waals surface area contributed by atoms with Crippen LogP contribution in [-0.4, -0.2) is 11.9 Å². The minimum atomic E-state index is -0.256. The number of amides is 1. The largest absolute Gasteiger partial charge is 0.307 e. The number of nitrogens with zero attached hydrogens (tertiary/aromatic N) is 1. The van der Waals surface area contributed by atoms with Crippen molar-refractivity contribution in [1.29, 1.82) is 0 Å². The fourth-order valence-electron chi connectivity index (χ4n) is 3.13. The van der Waals surface area contributed by atoms with Crippen molar-refractivity contribution in [2.24, 2.45) is 10.8 Å². The summed E-state index contributed by atoms with van der Waals surface area (Å²) in [6.07, 6.45) is 0. The predicted molar refractivity (Wildman–Crippen MR) is 71.0 cm³/mol. The maximum atomic E-state index is 12.3. The van der Waals surface area contributed by atoms with E-state index < -0.39 is 0 Å². The van der Waals surface area contributed by atoms with Gasteiger partial charge in [0.2, 0.25) is 5.91 Å². The highest BCUT2D eigenvalue weighted by Crippen LogP contribution is 2.49. The van der Waals surface area contributed by atoms with E-state index in [4.69, 9.17) is 0 Å². The van der Waals surface area contributed by atoms with Gasteiger partial charge in [0.05, 0.1) is 11.5 Å². The minimum absolute atomic E-state index is 0.0905. The Balaban J connectivity index is 2.39. The van der Waals surface area contributed by atoms with E-state index in [9.17, 15) is 4.79 Å². The van der Waals surface area contributed by atoms with E-state index in [2.05, 4.69) is 20.8 Å². The first-order chi connectivity index (χ1) is 7.76. The molecule has 17 heavy (non-hydrogen) atoms. The molecule has 0 aliphatic carbocycles. The Morgan fingerprint density at radius 3 is 2.12 bits per heavy atom. The molecule has 0 saturated carbocycles. The third kappa shape index (κ3) is 1.76. The smallest absolute Gasteiger partial charge is 0.235 e. The highest BCUT2D eigenvalue weighted by molar-refractivity contribution is 6.05. The van der Waals surface area contributed by atoms with Crippen LogP contribution in [0.4, 0.5) is 5.69 Å². The molecule has 1 aromatic carbocycles. The zero-order valence-corrected chi connectivity index (χ0v) is 11.3. The standard InChI is InChI=1S/C15H21NO/c1-14(2,3)12-15(4,5)13(17)16(12)11-9-7-6-8-10-11/h6-10,12H,1-5H3. The lowest BCUT2D eigenvalue weighted by Gasteiger charge is -2.58. The summed E-state index contributed by atoms with van der Waals surface area (Å²) in [5.41, 5.74) is 0.846. The highest BCUT2D eigenvalue weighted by Gasteiger charge is 2.58. The molecule has 1 saturated heterocycles. The van der Waals surface area contributed by atoms with Crippen molar-refractivity contribution >= 4 is 11.6 Å². The molecule has 1 heterocycles. The van der Waals surface area contributed by atoms with Gasteiger partial charge in [0.15, 0.2) is 0 Å². The van der Waals surface area contributed by atoms with Crippen molar-refractivity contribution in [2.45, 2.75) is 40.7 Å². The van der Waals surface area contributed by atoms with Crippen LogP contribution in [0.25, 0.3) is 0 Å². The summed E-state index contributed by atoms with van der Waals surface area (Å²) in [5, 5.41) is 0. The first-order valence-electron chi connectivity index (χ1n) is 6.15. The molecule has 2 nitrogen and oxygen atoms in total. The van der Waals surface area contributed by atoms with Crippen LogP contribution in [0.15, 0.2) is 30.3 Å². The van der Waals surface area contributed by atoms with Crippen LogP contribution in [0.1, 0.15) is 34.6 Å². The zero-order valence-electron chi connectivity index (χ0n) is 11.3. The summed E-state index contributed by atoms with van der Waals surface area (Å²) in [4.78, 5) is 14.2. The molecule has 2 rings (SSSR count). The number of anilines is 1. The van der Waals surface area contributed by atoms with E-state index in [0.717, 1.165) is 5.69 Å². The Hall–Kier alpha value is -1.31. The second kappa shape index (κ2) is 3.59. The van der Waals surface area contributed by atoms with Gasteiger partial charge in [0.25, 0.3) is 0 Å². The van der Waals surface area contributed by atoms with Crippen LogP contribution in [0.3, 0.4) is 0 Å². The van der Waals surface area contributed by atoms with Gasteiger partial charge in [-0.3, -0.25) is 4.79 Å². The fourth-order valence-corrected chi connectivity index (χ4v) is 3.13. The van der Waals surface area contributed by atoms with Crippen molar-refractivity contribution in [3.8, 4) is 0 Å². The lowest BCUT2D eigenvalue weighted by atomic mass is 9.63. The normalized spacial score (nSPS) is 23.5. The van der Waals surface area contributed by atoms with Crippen molar-refractivity contribution in [2.75, 3.05) is 4.90 Å². The van der Waals surface area contributed by atoms with Crippen LogP contribution in [0.2, 0.25) is 0 Å². The topological polar surface area (TPSA) is 20.3 Å².